The minimum Gasteiger partial charge on any atom is -0.337 e. The first-order chi connectivity index (χ1) is 9.11. The van der Waals surface area contributed by atoms with E-state index in [4.69, 9.17) is 5.73 Å². The Labute approximate surface area is 117 Å². The fourth-order valence-electron chi connectivity index (χ4n) is 2.31. The lowest BCUT2D eigenvalue weighted by Gasteiger charge is -2.30. The average Bonchev–Trinajstić information content (AvgIpc) is 2.43. The standard InChI is InChI=1S/C14H19FN2OS/c1-19-7-5-13(16)14(18)17-6-4-10-8-12(15)3-2-11(10)9-17/h2-3,8,13H,4-7,9,16H2,1H3. The molecule has 1 heterocycles. The smallest absolute Gasteiger partial charge is 0.239 e. The van der Waals surface area contributed by atoms with E-state index in [1.54, 1.807) is 28.8 Å². The monoisotopic (exact) mass is 282 g/mol. The van der Waals surface area contributed by atoms with Crippen LogP contribution in [0.3, 0.4) is 0 Å². The highest BCUT2D eigenvalue weighted by Gasteiger charge is 2.24. The van der Waals surface area contributed by atoms with Crippen LogP contribution < -0.4 is 5.73 Å². The van der Waals surface area contributed by atoms with Gasteiger partial charge in [-0.1, -0.05) is 6.07 Å². The van der Waals surface area contributed by atoms with Crippen LogP contribution in [0.2, 0.25) is 0 Å². The zero-order chi connectivity index (χ0) is 13.8. The molecule has 1 aliphatic heterocycles. The van der Waals surface area contributed by atoms with E-state index in [-0.39, 0.29) is 11.7 Å². The van der Waals surface area contributed by atoms with Crippen molar-refractivity contribution in [3.63, 3.8) is 0 Å². The van der Waals surface area contributed by atoms with Gasteiger partial charge in [-0.2, -0.15) is 11.8 Å². The second kappa shape index (κ2) is 6.39. The highest BCUT2D eigenvalue weighted by Crippen LogP contribution is 2.20. The van der Waals surface area contributed by atoms with Crippen LogP contribution >= 0.6 is 11.8 Å². The fraction of sp³-hybridized carbons (Fsp3) is 0.500. The van der Waals surface area contributed by atoms with Gasteiger partial charge < -0.3 is 10.6 Å². The molecule has 0 saturated heterocycles. The first-order valence-electron chi connectivity index (χ1n) is 6.42. The molecule has 1 amide bonds. The van der Waals surface area contributed by atoms with Crippen LogP contribution in [0.1, 0.15) is 17.5 Å². The fourth-order valence-corrected chi connectivity index (χ4v) is 2.80. The third-order valence-corrected chi connectivity index (χ3v) is 4.09. The number of fused-ring (bicyclic) bond motifs is 1. The lowest BCUT2D eigenvalue weighted by Crippen LogP contribution is -2.46. The Morgan fingerprint density at radius 2 is 2.32 bits per heavy atom. The average molecular weight is 282 g/mol. The number of benzene rings is 1. The van der Waals surface area contributed by atoms with Crippen LogP contribution in [0, 0.1) is 5.82 Å². The maximum Gasteiger partial charge on any atom is 0.239 e. The number of hydrogen-bond donors (Lipinski definition) is 1. The molecule has 1 aliphatic rings. The summed E-state index contributed by atoms with van der Waals surface area (Å²) < 4.78 is 13.1. The first-order valence-corrected chi connectivity index (χ1v) is 7.82. The summed E-state index contributed by atoms with van der Waals surface area (Å²) in [5, 5.41) is 0. The molecule has 2 N–H and O–H groups in total. The Balaban J connectivity index is 2.01. The van der Waals surface area contributed by atoms with Crippen LogP contribution in [0.15, 0.2) is 18.2 Å². The number of rotatable bonds is 4. The van der Waals surface area contributed by atoms with Crippen molar-refractivity contribution in [3.05, 3.63) is 35.1 Å². The summed E-state index contributed by atoms with van der Waals surface area (Å²) >= 11 is 1.69. The number of nitrogens with zero attached hydrogens (tertiary/aromatic N) is 1. The van der Waals surface area contributed by atoms with Gasteiger partial charge in [0.25, 0.3) is 0 Å². The SMILES string of the molecule is CSCCC(N)C(=O)N1CCc2cc(F)ccc2C1. The Hall–Kier alpha value is -1.07. The number of halogens is 1. The summed E-state index contributed by atoms with van der Waals surface area (Å²) in [6.07, 6.45) is 3.41. The summed E-state index contributed by atoms with van der Waals surface area (Å²) in [6, 6.07) is 4.34. The number of carbonyl (C=O) groups excluding carboxylic acids is 1. The van der Waals surface area contributed by atoms with Crippen molar-refractivity contribution >= 4 is 17.7 Å². The normalized spacial score (nSPS) is 16.1. The largest absolute Gasteiger partial charge is 0.337 e. The Morgan fingerprint density at radius 1 is 1.53 bits per heavy atom. The van der Waals surface area contributed by atoms with E-state index in [2.05, 4.69) is 0 Å². The van der Waals surface area contributed by atoms with E-state index >= 15 is 0 Å². The van der Waals surface area contributed by atoms with Gasteiger partial charge in [-0.15, -0.1) is 0 Å². The van der Waals surface area contributed by atoms with Gasteiger partial charge in [0.2, 0.25) is 5.91 Å². The number of thioether (sulfide) groups is 1. The van der Waals surface area contributed by atoms with E-state index in [0.717, 1.165) is 16.9 Å². The third-order valence-electron chi connectivity index (χ3n) is 3.44. The quantitative estimate of drug-likeness (QED) is 0.916. The Kier molecular flexibility index (Phi) is 4.82. The molecule has 0 bridgehead atoms. The van der Waals surface area contributed by atoms with E-state index in [1.807, 2.05) is 6.26 Å². The number of hydrogen-bond acceptors (Lipinski definition) is 3. The molecule has 5 heteroatoms. The molecule has 3 nitrogen and oxygen atoms in total. The minimum absolute atomic E-state index is 0.00373. The molecular weight excluding hydrogens is 263 g/mol. The van der Waals surface area contributed by atoms with Gasteiger partial charge in [0, 0.05) is 13.1 Å². The van der Waals surface area contributed by atoms with Gasteiger partial charge >= 0.3 is 0 Å². The van der Waals surface area contributed by atoms with Gasteiger partial charge in [0.15, 0.2) is 0 Å². The molecule has 0 aromatic heterocycles. The summed E-state index contributed by atoms with van der Waals surface area (Å²) in [5.74, 6) is 0.682. The molecule has 2 rings (SSSR count). The lowest BCUT2D eigenvalue weighted by molar-refractivity contribution is -0.133. The van der Waals surface area contributed by atoms with Crippen LogP contribution in [0.5, 0.6) is 0 Å². The molecule has 19 heavy (non-hydrogen) atoms. The molecule has 104 valence electrons. The van der Waals surface area contributed by atoms with E-state index in [1.165, 1.54) is 6.07 Å². The van der Waals surface area contributed by atoms with Crippen molar-refractivity contribution in [1.82, 2.24) is 4.90 Å². The molecular formula is C14H19FN2OS. The van der Waals surface area contributed by atoms with Crippen LogP contribution in [-0.2, 0) is 17.8 Å². The molecule has 0 spiro atoms. The second-order valence-corrected chi connectivity index (χ2v) is 5.80. The van der Waals surface area contributed by atoms with Gasteiger partial charge in [-0.3, -0.25) is 4.79 Å². The molecule has 1 unspecified atom stereocenters. The summed E-state index contributed by atoms with van der Waals surface area (Å²) in [5.41, 5.74) is 7.94. The van der Waals surface area contributed by atoms with Crippen LogP contribution in [0.4, 0.5) is 4.39 Å². The molecule has 0 fully saturated rings. The molecule has 0 aliphatic carbocycles. The molecule has 0 saturated carbocycles. The topological polar surface area (TPSA) is 46.3 Å². The minimum atomic E-state index is -0.422. The second-order valence-electron chi connectivity index (χ2n) is 4.81. The van der Waals surface area contributed by atoms with Crippen molar-refractivity contribution in [2.45, 2.75) is 25.4 Å². The zero-order valence-electron chi connectivity index (χ0n) is 11.1. The third kappa shape index (κ3) is 3.48. The Morgan fingerprint density at radius 3 is 3.05 bits per heavy atom. The van der Waals surface area contributed by atoms with Crippen LogP contribution in [-0.4, -0.2) is 35.4 Å². The summed E-state index contributed by atoms with van der Waals surface area (Å²) in [4.78, 5) is 14.0. The first kappa shape index (κ1) is 14.3. The van der Waals surface area contributed by atoms with Gasteiger partial charge in [-0.05, 0) is 48.1 Å². The van der Waals surface area contributed by atoms with Crippen molar-refractivity contribution in [2.75, 3.05) is 18.6 Å². The predicted octanol–water partition coefficient (Wildman–Crippen LogP) is 1.79. The summed E-state index contributed by atoms with van der Waals surface area (Å²) in [7, 11) is 0. The molecule has 1 aromatic rings. The van der Waals surface area contributed by atoms with E-state index in [9.17, 15) is 9.18 Å². The van der Waals surface area contributed by atoms with Gasteiger partial charge in [0.05, 0.1) is 6.04 Å². The summed E-state index contributed by atoms with van der Waals surface area (Å²) in [6.45, 7) is 1.17. The maximum absolute atomic E-state index is 13.1. The number of amides is 1. The lowest BCUT2D eigenvalue weighted by atomic mass is 9.99. The van der Waals surface area contributed by atoms with Gasteiger partial charge in [-0.25, -0.2) is 4.39 Å². The predicted molar refractivity (Wildman–Crippen MR) is 76.5 cm³/mol. The van der Waals surface area contributed by atoms with Crippen molar-refractivity contribution in [3.8, 4) is 0 Å². The molecule has 0 radical (unpaired) electrons. The van der Waals surface area contributed by atoms with Crippen molar-refractivity contribution in [1.29, 1.82) is 0 Å². The van der Waals surface area contributed by atoms with E-state index in [0.29, 0.717) is 25.9 Å². The van der Waals surface area contributed by atoms with Crippen molar-refractivity contribution < 1.29 is 9.18 Å². The van der Waals surface area contributed by atoms with Crippen LogP contribution in [0.25, 0.3) is 0 Å². The highest BCUT2D eigenvalue weighted by molar-refractivity contribution is 7.98. The van der Waals surface area contributed by atoms with Crippen molar-refractivity contribution in [2.24, 2.45) is 5.73 Å². The zero-order valence-corrected chi connectivity index (χ0v) is 11.9. The number of carbonyl (C=O) groups is 1. The maximum atomic E-state index is 13.1. The highest BCUT2D eigenvalue weighted by atomic mass is 32.2. The Bertz CT molecular complexity index is 467. The number of nitrogens with two attached hydrogens (primary N) is 1. The van der Waals surface area contributed by atoms with Gasteiger partial charge in [0.1, 0.15) is 5.82 Å². The van der Waals surface area contributed by atoms with E-state index < -0.39 is 6.04 Å². The molecule has 1 atom stereocenters. The molecule has 1 aromatic carbocycles.